The Morgan fingerprint density at radius 3 is 2.59 bits per heavy atom. The zero-order valence-corrected chi connectivity index (χ0v) is 18.8. The van der Waals surface area contributed by atoms with Crippen molar-refractivity contribution in [3.05, 3.63) is 78.4 Å². The van der Waals surface area contributed by atoms with E-state index in [-0.39, 0.29) is 0 Å². The van der Waals surface area contributed by atoms with Crippen LogP contribution in [0.25, 0.3) is 22.4 Å². The number of nitrogens with one attached hydrogen (secondary N) is 3. The lowest BCUT2D eigenvalue weighted by molar-refractivity contribution is 0.398. The summed E-state index contributed by atoms with van der Waals surface area (Å²) in [6, 6.07) is 9.73. The highest BCUT2D eigenvalue weighted by Crippen LogP contribution is 2.32. The summed E-state index contributed by atoms with van der Waals surface area (Å²) in [5, 5.41) is 6.81. The molecule has 0 unspecified atom stereocenters. The molecule has 0 amide bonds. The van der Waals surface area contributed by atoms with E-state index in [1.807, 2.05) is 31.3 Å². The highest BCUT2D eigenvalue weighted by molar-refractivity contribution is 5.91. The predicted octanol–water partition coefficient (Wildman–Crippen LogP) is 3.56. The smallest absolute Gasteiger partial charge is 0.213 e. The van der Waals surface area contributed by atoms with Crippen LogP contribution in [-0.2, 0) is 13.1 Å². The third-order valence-electron chi connectivity index (χ3n) is 5.21. The predicted molar refractivity (Wildman–Crippen MR) is 129 cm³/mol. The number of hydrogen-bond donors (Lipinski definition) is 3. The molecule has 0 spiro atoms. The molecule has 10 heteroatoms. The van der Waals surface area contributed by atoms with Gasteiger partial charge in [-0.15, -0.1) is 0 Å². The van der Waals surface area contributed by atoms with E-state index in [9.17, 15) is 0 Å². The van der Waals surface area contributed by atoms with E-state index in [0.717, 1.165) is 28.9 Å². The molecule has 5 heterocycles. The van der Waals surface area contributed by atoms with Crippen LogP contribution in [0.1, 0.15) is 17.0 Å². The van der Waals surface area contributed by atoms with E-state index in [0.29, 0.717) is 40.9 Å². The van der Waals surface area contributed by atoms with Crippen LogP contribution in [0.2, 0.25) is 0 Å². The van der Waals surface area contributed by atoms with Crippen LogP contribution >= 0.6 is 0 Å². The van der Waals surface area contributed by atoms with Crippen molar-refractivity contribution in [1.29, 1.82) is 0 Å². The quantitative estimate of drug-likeness (QED) is 0.323. The van der Waals surface area contributed by atoms with Crippen molar-refractivity contribution in [2.75, 3.05) is 12.4 Å². The topological polar surface area (TPSA) is 126 Å². The molecule has 0 saturated heterocycles. The monoisotopic (exact) mass is 453 g/mol. The minimum absolute atomic E-state index is 0.541. The van der Waals surface area contributed by atoms with E-state index in [1.54, 1.807) is 38.1 Å². The first-order chi connectivity index (χ1) is 16.7. The van der Waals surface area contributed by atoms with Gasteiger partial charge in [-0.1, -0.05) is 0 Å². The Hall–Kier alpha value is -4.44. The Bertz CT molecular complexity index is 1400. The molecule has 5 aromatic rings. The molecule has 0 saturated carbocycles. The number of aromatic nitrogens is 7. The van der Waals surface area contributed by atoms with Gasteiger partial charge in [0.05, 0.1) is 25.3 Å². The SMILES string of the molecule is COc1ccc(Nc2ncc(CNCc3ccncc3)cc2-c2nc(C)nc3[nH]cnc23)cn1. The van der Waals surface area contributed by atoms with E-state index in [4.69, 9.17) is 14.7 Å². The number of nitrogens with zero attached hydrogens (tertiary/aromatic N) is 6. The van der Waals surface area contributed by atoms with Gasteiger partial charge in [-0.25, -0.2) is 24.9 Å². The average Bonchev–Trinajstić information content (AvgIpc) is 3.34. The normalized spacial score (nSPS) is 11.0. The Labute approximate surface area is 195 Å². The number of aromatic amines is 1. The molecule has 10 nitrogen and oxygen atoms in total. The first-order valence-corrected chi connectivity index (χ1v) is 10.7. The van der Waals surface area contributed by atoms with Gasteiger partial charge in [-0.3, -0.25) is 4.98 Å². The van der Waals surface area contributed by atoms with Gasteiger partial charge in [-0.05, 0) is 42.3 Å². The third kappa shape index (κ3) is 4.66. The fourth-order valence-electron chi connectivity index (χ4n) is 3.58. The van der Waals surface area contributed by atoms with Gasteiger partial charge < -0.3 is 20.4 Å². The lowest BCUT2D eigenvalue weighted by Gasteiger charge is -2.14. The number of aryl methyl sites for hydroxylation is 1. The number of H-pyrrole nitrogens is 1. The summed E-state index contributed by atoms with van der Waals surface area (Å²) in [6.45, 7) is 3.23. The Morgan fingerprint density at radius 2 is 1.79 bits per heavy atom. The summed E-state index contributed by atoms with van der Waals surface area (Å²) < 4.78 is 5.16. The van der Waals surface area contributed by atoms with Crippen molar-refractivity contribution in [1.82, 2.24) is 40.2 Å². The van der Waals surface area contributed by atoms with Crippen LogP contribution in [0.3, 0.4) is 0 Å². The second-order valence-electron chi connectivity index (χ2n) is 7.63. The molecule has 170 valence electrons. The lowest BCUT2D eigenvalue weighted by atomic mass is 10.1. The Balaban J connectivity index is 1.49. The van der Waals surface area contributed by atoms with Gasteiger partial charge in [0.2, 0.25) is 5.88 Å². The summed E-state index contributed by atoms with van der Waals surface area (Å²) in [4.78, 5) is 29.7. The third-order valence-corrected chi connectivity index (χ3v) is 5.21. The number of fused-ring (bicyclic) bond motifs is 1. The van der Waals surface area contributed by atoms with Gasteiger partial charge in [0, 0.05) is 43.3 Å². The Morgan fingerprint density at radius 1 is 0.941 bits per heavy atom. The number of pyridine rings is 3. The van der Waals surface area contributed by atoms with Crippen LogP contribution in [0.4, 0.5) is 11.5 Å². The number of anilines is 2. The van der Waals surface area contributed by atoms with E-state index < -0.39 is 0 Å². The Kier molecular flexibility index (Phi) is 6.04. The van der Waals surface area contributed by atoms with Crippen LogP contribution in [-0.4, -0.2) is 42.0 Å². The van der Waals surface area contributed by atoms with Crippen molar-refractivity contribution in [2.24, 2.45) is 0 Å². The maximum Gasteiger partial charge on any atom is 0.213 e. The van der Waals surface area contributed by atoms with Crippen molar-refractivity contribution in [3.8, 4) is 17.1 Å². The summed E-state index contributed by atoms with van der Waals surface area (Å²) in [6.07, 6.45) is 8.74. The number of imidazole rings is 1. The lowest BCUT2D eigenvalue weighted by Crippen LogP contribution is -2.13. The fraction of sp³-hybridized carbons (Fsp3) is 0.167. The second kappa shape index (κ2) is 9.59. The summed E-state index contributed by atoms with van der Waals surface area (Å²) >= 11 is 0. The molecule has 0 aliphatic carbocycles. The molecule has 0 aliphatic rings. The minimum Gasteiger partial charge on any atom is -0.481 e. The van der Waals surface area contributed by atoms with Crippen molar-refractivity contribution in [2.45, 2.75) is 20.0 Å². The maximum absolute atomic E-state index is 5.16. The second-order valence-corrected chi connectivity index (χ2v) is 7.63. The largest absolute Gasteiger partial charge is 0.481 e. The summed E-state index contributed by atoms with van der Waals surface area (Å²) in [7, 11) is 1.59. The first kappa shape index (κ1) is 21.4. The molecular weight excluding hydrogens is 430 g/mol. The molecule has 5 rings (SSSR count). The molecule has 0 bridgehead atoms. The molecule has 0 atom stereocenters. The fourth-order valence-corrected chi connectivity index (χ4v) is 3.58. The zero-order valence-electron chi connectivity index (χ0n) is 18.8. The highest BCUT2D eigenvalue weighted by atomic mass is 16.5. The van der Waals surface area contributed by atoms with E-state index >= 15 is 0 Å². The molecule has 0 aromatic carbocycles. The van der Waals surface area contributed by atoms with Crippen molar-refractivity contribution in [3.63, 3.8) is 0 Å². The molecule has 0 fully saturated rings. The van der Waals surface area contributed by atoms with Crippen LogP contribution in [0.5, 0.6) is 5.88 Å². The zero-order chi connectivity index (χ0) is 23.3. The van der Waals surface area contributed by atoms with Crippen LogP contribution in [0, 0.1) is 6.92 Å². The van der Waals surface area contributed by atoms with Crippen molar-refractivity contribution < 1.29 is 4.74 Å². The highest BCUT2D eigenvalue weighted by Gasteiger charge is 2.16. The number of ether oxygens (including phenoxy) is 1. The molecule has 3 N–H and O–H groups in total. The summed E-state index contributed by atoms with van der Waals surface area (Å²) in [5.74, 6) is 1.83. The summed E-state index contributed by atoms with van der Waals surface area (Å²) in [5.41, 5.74) is 5.85. The standard InChI is InChI=1S/C24H23N9O/c1-15-31-21(22-24(32-15)30-14-29-22)19-9-17(11-26-10-16-5-7-25-8-6-16)12-28-23(19)33-18-3-4-20(34-2)27-13-18/h3-9,12-14,26H,10-11H2,1-2H3,(H,28,33)(H,29,30,31,32). The molecule has 34 heavy (non-hydrogen) atoms. The molecule has 0 aliphatic heterocycles. The molecule has 0 radical (unpaired) electrons. The number of hydrogen-bond acceptors (Lipinski definition) is 9. The minimum atomic E-state index is 0.541. The van der Waals surface area contributed by atoms with Gasteiger partial charge in [0.15, 0.2) is 5.65 Å². The van der Waals surface area contributed by atoms with Gasteiger partial charge in [0.25, 0.3) is 0 Å². The van der Waals surface area contributed by atoms with Crippen LogP contribution in [0.15, 0.2) is 61.4 Å². The molecule has 5 aromatic heterocycles. The van der Waals surface area contributed by atoms with Crippen LogP contribution < -0.4 is 15.4 Å². The first-order valence-electron chi connectivity index (χ1n) is 10.7. The van der Waals surface area contributed by atoms with Gasteiger partial charge >= 0.3 is 0 Å². The van der Waals surface area contributed by atoms with E-state index in [2.05, 4.69) is 41.6 Å². The average molecular weight is 454 g/mol. The maximum atomic E-state index is 5.16. The van der Waals surface area contributed by atoms with Gasteiger partial charge in [0.1, 0.15) is 22.9 Å². The molecular formula is C24H23N9O. The number of rotatable bonds is 8. The van der Waals surface area contributed by atoms with Gasteiger partial charge in [-0.2, -0.15) is 0 Å². The van der Waals surface area contributed by atoms with E-state index in [1.165, 1.54) is 0 Å². The number of methoxy groups -OCH3 is 1. The van der Waals surface area contributed by atoms with Crippen molar-refractivity contribution >= 4 is 22.7 Å².